The van der Waals surface area contributed by atoms with Crippen LogP contribution < -0.4 is 4.74 Å². The van der Waals surface area contributed by atoms with Crippen molar-refractivity contribution < 1.29 is 4.74 Å². The Hall–Kier alpha value is -0.800. The molecule has 1 heterocycles. The molecule has 0 saturated heterocycles. The molecule has 1 aromatic rings. The second kappa shape index (κ2) is 6.82. The predicted molar refractivity (Wildman–Crippen MR) is 71.8 cm³/mol. The zero-order chi connectivity index (χ0) is 12.8. The number of aryl methyl sites for hydroxylation is 1. The van der Waals surface area contributed by atoms with E-state index in [0.29, 0.717) is 11.9 Å². The summed E-state index contributed by atoms with van der Waals surface area (Å²) in [5, 5.41) is 0. The smallest absolute Gasteiger partial charge is 0.122 e. The van der Waals surface area contributed by atoms with E-state index >= 15 is 0 Å². The van der Waals surface area contributed by atoms with Crippen LogP contribution in [-0.2, 0) is 6.54 Å². The maximum absolute atomic E-state index is 5.81. The van der Waals surface area contributed by atoms with Crippen LogP contribution in [0.15, 0.2) is 12.1 Å². The third-order valence-electron chi connectivity index (χ3n) is 2.68. The molecule has 0 bridgehead atoms. The fourth-order valence-electron chi connectivity index (χ4n) is 1.74. The maximum atomic E-state index is 5.81. The van der Waals surface area contributed by atoms with Crippen molar-refractivity contribution in [1.82, 2.24) is 9.88 Å². The molecule has 0 unspecified atom stereocenters. The summed E-state index contributed by atoms with van der Waals surface area (Å²) in [6.07, 6.45) is 0. The molecule has 0 aromatic carbocycles. The molecule has 0 spiro atoms. The van der Waals surface area contributed by atoms with Gasteiger partial charge in [0.05, 0.1) is 12.8 Å². The van der Waals surface area contributed by atoms with Crippen LogP contribution in [0.5, 0.6) is 5.75 Å². The third-order valence-corrected chi connectivity index (χ3v) is 2.85. The Morgan fingerprint density at radius 1 is 1.41 bits per heavy atom. The SMILES string of the molecule is COc1cc(C)nc(CN(CCCl)C(C)C)c1. The van der Waals surface area contributed by atoms with Crippen molar-refractivity contribution in [3.05, 3.63) is 23.5 Å². The van der Waals surface area contributed by atoms with Gasteiger partial charge >= 0.3 is 0 Å². The first-order valence-electron chi connectivity index (χ1n) is 5.88. The Kier molecular flexibility index (Phi) is 5.72. The van der Waals surface area contributed by atoms with E-state index in [9.17, 15) is 0 Å². The molecule has 3 nitrogen and oxygen atoms in total. The quantitative estimate of drug-likeness (QED) is 0.732. The fourth-order valence-corrected chi connectivity index (χ4v) is 1.96. The molecule has 0 aliphatic rings. The van der Waals surface area contributed by atoms with Crippen LogP contribution in [0.3, 0.4) is 0 Å². The number of halogens is 1. The Morgan fingerprint density at radius 3 is 2.65 bits per heavy atom. The molecule has 0 fully saturated rings. The lowest BCUT2D eigenvalue weighted by molar-refractivity contribution is 0.223. The molecule has 0 aliphatic heterocycles. The Balaban J connectivity index is 2.81. The lowest BCUT2D eigenvalue weighted by atomic mass is 10.2. The molecule has 0 amide bonds. The minimum atomic E-state index is 0.460. The first-order valence-corrected chi connectivity index (χ1v) is 6.41. The van der Waals surface area contributed by atoms with Gasteiger partial charge in [-0.1, -0.05) is 0 Å². The summed E-state index contributed by atoms with van der Waals surface area (Å²) in [7, 11) is 1.68. The molecule has 0 saturated carbocycles. The standard InChI is InChI=1S/C13H21ClN2O/c1-10(2)16(6-5-14)9-12-8-13(17-4)7-11(3)15-12/h7-8,10H,5-6,9H2,1-4H3. The number of hydrogen-bond donors (Lipinski definition) is 0. The van der Waals surface area contributed by atoms with Crippen molar-refractivity contribution in [2.45, 2.75) is 33.4 Å². The van der Waals surface area contributed by atoms with Gasteiger partial charge in [-0.05, 0) is 20.8 Å². The van der Waals surface area contributed by atoms with E-state index in [2.05, 4.69) is 23.7 Å². The largest absolute Gasteiger partial charge is 0.497 e. The molecule has 0 atom stereocenters. The van der Waals surface area contributed by atoms with Crippen molar-refractivity contribution in [2.75, 3.05) is 19.5 Å². The zero-order valence-corrected chi connectivity index (χ0v) is 11.8. The summed E-state index contributed by atoms with van der Waals surface area (Å²) < 4.78 is 5.25. The summed E-state index contributed by atoms with van der Waals surface area (Å²) in [6, 6.07) is 4.38. The molecule has 1 aromatic heterocycles. The first-order chi connectivity index (χ1) is 8.06. The highest BCUT2D eigenvalue weighted by Crippen LogP contribution is 2.15. The minimum Gasteiger partial charge on any atom is -0.497 e. The van der Waals surface area contributed by atoms with Crippen molar-refractivity contribution in [2.24, 2.45) is 0 Å². The maximum Gasteiger partial charge on any atom is 0.122 e. The van der Waals surface area contributed by atoms with E-state index in [-0.39, 0.29) is 0 Å². The van der Waals surface area contributed by atoms with Gasteiger partial charge in [0.15, 0.2) is 0 Å². The molecular formula is C13H21ClN2O. The number of nitrogens with zero attached hydrogens (tertiary/aromatic N) is 2. The molecule has 0 N–H and O–H groups in total. The lowest BCUT2D eigenvalue weighted by Gasteiger charge is -2.25. The summed E-state index contributed by atoms with van der Waals surface area (Å²) >= 11 is 5.81. The highest BCUT2D eigenvalue weighted by Gasteiger charge is 2.11. The van der Waals surface area contributed by atoms with Crippen molar-refractivity contribution >= 4 is 11.6 Å². The Labute approximate surface area is 109 Å². The number of aromatic nitrogens is 1. The van der Waals surface area contributed by atoms with E-state index in [1.807, 2.05) is 19.1 Å². The minimum absolute atomic E-state index is 0.460. The van der Waals surface area contributed by atoms with Crippen LogP contribution in [0.4, 0.5) is 0 Å². The van der Waals surface area contributed by atoms with E-state index in [0.717, 1.165) is 30.2 Å². The Bertz CT molecular complexity index is 355. The molecule has 96 valence electrons. The molecule has 17 heavy (non-hydrogen) atoms. The van der Waals surface area contributed by atoms with E-state index < -0.39 is 0 Å². The number of hydrogen-bond acceptors (Lipinski definition) is 3. The Morgan fingerprint density at radius 2 is 2.12 bits per heavy atom. The van der Waals surface area contributed by atoms with Crippen LogP contribution in [0.2, 0.25) is 0 Å². The first kappa shape index (κ1) is 14.3. The highest BCUT2D eigenvalue weighted by molar-refractivity contribution is 6.18. The zero-order valence-electron chi connectivity index (χ0n) is 11.0. The summed E-state index contributed by atoms with van der Waals surface area (Å²) in [4.78, 5) is 6.82. The van der Waals surface area contributed by atoms with E-state index in [1.54, 1.807) is 7.11 Å². The van der Waals surface area contributed by atoms with Crippen molar-refractivity contribution in [3.63, 3.8) is 0 Å². The van der Waals surface area contributed by atoms with E-state index in [4.69, 9.17) is 16.3 Å². The summed E-state index contributed by atoms with van der Waals surface area (Å²) in [5.41, 5.74) is 2.01. The van der Waals surface area contributed by atoms with E-state index in [1.165, 1.54) is 0 Å². The van der Waals surface area contributed by atoms with Gasteiger partial charge in [0.25, 0.3) is 0 Å². The second-order valence-electron chi connectivity index (χ2n) is 4.39. The average molecular weight is 257 g/mol. The van der Waals surface area contributed by atoms with Gasteiger partial charge in [0, 0.05) is 42.8 Å². The van der Waals surface area contributed by atoms with Gasteiger partial charge in [0.2, 0.25) is 0 Å². The molecule has 0 radical (unpaired) electrons. The number of alkyl halides is 1. The van der Waals surface area contributed by atoms with Crippen LogP contribution in [0.25, 0.3) is 0 Å². The normalized spacial score (nSPS) is 11.2. The number of methoxy groups -OCH3 is 1. The summed E-state index contributed by atoms with van der Waals surface area (Å²) in [5.74, 6) is 1.50. The van der Waals surface area contributed by atoms with Crippen LogP contribution in [-0.4, -0.2) is 35.5 Å². The van der Waals surface area contributed by atoms with Crippen LogP contribution in [0.1, 0.15) is 25.2 Å². The molecule has 1 rings (SSSR count). The topological polar surface area (TPSA) is 25.4 Å². The highest BCUT2D eigenvalue weighted by atomic mass is 35.5. The van der Waals surface area contributed by atoms with Crippen LogP contribution >= 0.6 is 11.6 Å². The van der Waals surface area contributed by atoms with Crippen LogP contribution in [0, 0.1) is 6.92 Å². The lowest BCUT2D eigenvalue weighted by Crippen LogP contribution is -2.32. The fraction of sp³-hybridized carbons (Fsp3) is 0.615. The average Bonchev–Trinajstić information content (AvgIpc) is 2.27. The number of pyridine rings is 1. The van der Waals surface area contributed by atoms with Gasteiger partial charge in [-0.25, -0.2) is 0 Å². The molecular weight excluding hydrogens is 236 g/mol. The van der Waals surface area contributed by atoms with Gasteiger partial charge < -0.3 is 4.74 Å². The monoisotopic (exact) mass is 256 g/mol. The van der Waals surface area contributed by atoms with Gasteiger partial charge in [-0.2, -0.15) is 0 Å². The molecule has 4 heteroatoms. The summed E-state index contributed by atoms with van der Waals surface area (Å²) in [6.45, 7) is 7.99. The predicted octanol–water partition coefficient (Wildman–Crippen LogP) is 2.85. The van der Waals surface area contributed by atoms with Crippen molar-refractivity contribution in [3.8, 4) is 5.75 Å². The third kappa shape index (κ3) is 4.52. The van der Waals surface area contributed by atoms with Crippen molar-refractivity contribution in [1.29, 1.82) is 0 Å². The van der Waals surface area contributed by atoms with Gasteiger partial charge in [-0.3, -0.25) is 9.88 Å². The second-order valence-corrected chi connectivity index (χ2v) is 4.77. The number of ether oxygens (including phenoxy) is 1. The van der Waals surface area contributed by atoms with Gasteiger partial charge in [0.1, 0.15) is 5.75 Å². The van der Waals surface area contributed by atoms with Gasteiger partial charge in [-0.15, -0.1) is 11.6 Å². The number of rotatable bonds is 6. The molecule has 0 aliphatic carbocycles.